The van der Waals surface area contributed by atoms with E-state index < -0.39 is 0 Å². The molecule has 0 unspecified atom stereocenters. The summed E-state index contributed by atoms with van der Waals surface area (Å²) in [5.41, 5.74) is 0.558. The average molecular weight is 361 g/mol. The van der Waals surface area contributed by atoms with E-state index in [0.29, 0.717) is 37.0 Å². The van der Waals surface area contributed by atoms with Crippen LogP contribution in [-0.2, 0) is 4.74 Å². The average Bonchev–Trinajstić information content (AvgIpc) is 3.20. The highest BCUT2D eigenvalue weighted by atomic mass is 19.1. The van der Waals surface area contributed by atoms with Crippen LogP contribution in [0.15, 0.2) is 36.7 Å². The lowest BCUT2D eigenvalue weighted by Crippen LogP contribution is -2.32. The fourth-order valence-electron chi connectivity index (χ4n) is 3.12. The Balaban J connectivity index is 1.26. The van der Waals surface area contributed by atoms with Crippen molar-refractivity contribution in [3.63, 3.8) is 0 Å². The van der Waals surface area contributed by atoms with Gasteiger partial charge >= 0.3 is 0 Å². The van der Waals surface area contributed by atoms with E-state index in [9.17, 15) is 9.18 Å². The molecular weight excluding hydrogens is 337 g/mol. The Morgan fingerprint density at radius 3 is 2.65 bits per heavy atom. The van der Waals surface area contributed by atoms with Gasteiger partial charge in [-0.3, -0.25) is 9.89 Å². The van der Waals surface area contributed by atoms with Gasteiger partial charge in [-0.2, -0.15) is 5.10 Å². The van der Waals surface area contributed by atoms with Crippen molar-refractivity contribution in [2.75, 3.05) is 19.8 Å². The zero-order valence-corrected chi connectivity index (χ0v) is 14.6. The van der Waals surface area contributed by atoms with Crippen molar-refractivity contribution in [3.8, 4) is 5.75 Å². The van der Waals surface area contributed by atoms with Gasteiger partial charge in [0.25, 0.3) is 5.91 Å². The van der Waals surface area contributed by atoms with E-state index >= 15 is 0 Å². The molecule has 1 fully saturated rings. The summed E-state index contributed by atoms with van der Waals surface area (Å²) in [7, 11) is 0. The molecular formula is C19H24FN3O3. The summed E-state index contributed by atoms with van der Waals surface area (Å²) in [5, 5.41) is 9.37. The minimum Gasteiger partial charge on any atom is -0.491 e. The third-order valence-electron chi connectivity index (χ3n) is 4.62. The monoisotopic (exact) mass is 361 g/mol. The second-order valence-electron chi connectivity index (χ2n) is 6.51. The van der Waals surface area contributed by atoms with E-state index in [-0.39, 0.29) is 17.8 Å². The highest BCUT2D eigenvalue weighted by molar-refractivity contribution is 5.93. The van der Waals surface area contributed by atoms with Gasteiger partial charge in [0.15, 0.2) is 0 Å². The molecule has 26 heavy (non-hydrogen) atoms. The smallest absolute Gasteiger partial charge is 0.254 e. The number of hydrogen-bond acceptors (Lipinski definition) is 4. The van der Waals surface area contributed by atoms with Gasteiger partial charge in [-0.25, -0.2) is 4.39 Å². The normalized spacial score (nSPS) is 19.9. The van der Waals surface area contributed by atoms with Crippen LogP contribution in [-0.4, -0.2) is 42.0 Å². The van der Waals surface area contributed by atoms with Crippen LogP contribution in [0.4, 0.5) is 4.39 Å². The number of amides is 1. The number of carbonyl (C=O) groups is 1. The molecule has 1 aromatic heterocycles. The number of carbonyl (C=O) groups excluding carboxylic acids is 1. The number of hydrogen-bond donors (Lipinski definition) is 2. The largest absolute Gasteiger partial charge is 0.491 e. The van der Waals surface area contributed by atoms with Crippen LogP contribution < -0.4 is 10.1 Å². The van der Waals surface area contributed by atoms with Gasteiger partial charge in [-0.15, -0.1) is 0 Å². The Kier molecular flexibility index (Phi) is 6.60. The van der Waals surface area contributed by atoms with Crippen LogP contribution in [0.2, 0.25) is 0 Å². The molecule has 0 radical (unpaired) electrons. The first-order valence-electron chi connectivity index (χ1n) is 8.97. The van der Waals surface area contributed by atoms with Crippen LogP contribution >= 0.6 is 0 Å². The zero-order valence-electron chi connectivity index (χ0n) is 14.6. The fraction of sp³-hybridized carbons (Fsp3) is 0.474. The number of nitrogens with zero attached hydrogens (tertiary/aromatic N) is 1. The number of rotatable bonds is 8. The zero-order chi connectivity index (χ0) is 18.2. The highest BCUT2D eigenvalue weighted by Gasteiger charge is 2.22. The lowest BCUT2D eigenvalue weighted by molar-refractivity contribution is 0.00439. The summed E-state index contributed by atoms with van der Waals surface area (Å²) in [5.74, 6) is 0.773. The molecule has 1 aromatic carbocycles. The van der Waals surface area contributed by atoms with Gasteiger partial charge in [0.1, 0.15) is 18.2 Å². The van der Waals surface area contributed by atoms with E-state index in [1.165, 1.54) is 18.3 Å². The van der Waals surface area contributed by atoms with E-state index in [1.807, 2.05) is 0 Å². The maximum absolute atomic E-state index is 12.8. The van der Waals surface area contributed by atoms with Crippen LogP contribution in [0.5, 0.6) is 5.75 Å². The van der Waals surface area contributed by atoms with Crippen molar-refractivity contribution in [1.82, 2.24) is 15.5 Å². The summed E-state index contributed by atoms with van der Waals surface area (Å²) in [6.45, 7) is 1.65. The summed E-state index contributed by atoms with van der Waals surface area (Å²) in [4.78, 5) is 11.9. The molecule has 6 nitrogen and oxygen atoms in total. The molecule has 7 heteroatoms. The van der Waals surface area contributed by atoms with Crippen molar-refractivity contribution in [3.05, 3.63) is 48.0 Å². The lowest BCUT2D eigenvalue weighted by Gasteiger charge is -2.28. The Morgan fingerprint density at radius 2 is 1.96 bits per heavy atom. The van der Waals surface area contributed by atoms with E-state index in [2.05, 4.69) is 15.5 Å². The van der Waals surface area contributed by atoms with Crippen molar-refractivity contribution in [1.29, 1.82) is 0 Å². The quantitative estimate of drug-likeness (QED) is 0.709. The number of ether oxygens (including phenoxy) is 2. The van der Waals surface area contributed by atoms with Gasteiger partial charge < -0.3 is 14.8 Å². The van der Waals surface area contributed by atoms with E-state index in [0.717, 1.165) is 25.7 Å². The first kappa shape index (κ1) is 18.4. The van der Waals surface area contributed by atoms with Gasteiger partial charge in [0.2, 0.25) is 0 Å². The first-order chi connectivity index (χ1) is 12.7. The molecule has 1 aliphatic carbocycles. The molecule has 1 amide bonds. The van der Waals surface area contributed by atoms with Gasteiger partial charge in [0, 0.05) is 12.7 Å². The Labute approximate surface area is 152 Å². The fourth-order valence-corrected chi connectivity index (χ4v) is 3.12. The third-order valence-corrected chi connectivity index (χ3v) is 4.62. The Hall–Kier alpha value is -2.41. The van der Waals surface area contributed by atoms with Crippen LogP contribution in [0.1, 0.15) is 36.0 Å². The Morgan fingerprint density at radius 1 is 1.19 bits per heavy atom. The molecule has 2 N–H and O–H groups in total. The number of nitrogens with one attached hydrogen (secondary N) is 2. The second-order valence-corrected chi connectivity index (χ2v) is 6.51. The van der Waals surface area contributed by atoms with Gasteiger partial charge in [-0.1, -0.05) is 0 Å². The number of halogens is 1. The lowest BCUT2D eigenvalue weighted by atomic mass is 9.87. The molecule has 0 bridgehead atoms. The predicted octanol–water partition coefficient (Wildman–Crippen LogP) is 2.93. The summed E-state index contributed by atoms with van der Waals surface area (Å²) < 4.78 is 24.2. The molecule has 1 aliphatic rings. The SMILES string of the molecule is O=C(NCC1CCC(OCCOc2ccc(F)cc2)CC1)c1cn[nH]c1. The van der Waals surface area contributed by atoms with Crippen LogP contribution in [0.25, 0.3) is 0 Å². The van der Waals surface area contributed by atoms with Crippen molar-refractivity contribution in [2.45, 2.75) is 31.8 Å². The minimum atomic E-state index is -0.272. The van der Waals surface area contributed by atoms with E-state index in [1.54, 1.807) is 18.3 Å². The molecule has 0 aliphatic heterocycles. The molecule has 1 saturated carbocycles. The molecule has 0 atom stereocenters. The number of benzene rings is 1. The number of aromatic amines is 1. The molecule has 0 saturated heterocycles. The van der Waals surface area contributed by atoms with Crippen molar-refractivity contribution < 1.29 is 18.7 Å². The minimum absolute atomic E-state index is 0.0879. The van der Waals surface area contributed by atoms with Crippen LogP contribution in [0.3, 0.4) is 0 Å². The third kappa shape index (κ3) is 5.56. The molecule has 3 rings (SSSR count). The molecule has 140 valence electrons. The van der Waals surface area contributed by atoms with Gasteiger partial charge in [0.05, 0.1) is 24.5 Å². The summed E-state index contributed by atoms with van der Waals surface area (Å²) in [6, 6.07) is 5.97. The molecule has 2 aromatic rings. The topological polar surface area (TPSA) is 76.2 Å². The highest BCUT2D eigenvalue weighted by Crippen LogP contribution is 2.25. The summed E-state index contributed by atoms with van der Waals surface area (Å²) >= 11 is 0. The first-order valence-corrected chi connectivity index (χ1v) is 8.97. The number of aromatic nitrogens is 2. The van der Waals surface area contributed by atoms with Crippen molar-refractivity contribution in [2.24, 2.45) is 5.92 Å². The standard InChI is InChI=1S/C19H24FN3O3/c20-16-3-7-18(8-4-16)26-10-9-25-17-5-1-14(2-6-17)11-21-19(24)15-12-22-23-13-15/h3-4,7-8,12-14,17H,1-2,5-6,9-11H2,(H,21,24)(H,22,23). The van der Waals surface area contributed by atoms with Gasteiger partial charge in [-0.05, 0) is 55.9 Å². The molecule has 0 spiro atoms. The maximum Gasteiger partial charge on any atom is 0.254 e. The van der Waals surface area contributed by atoms with E-state index in [4.69, 9.17) is 9.47 Å². The second kappa shape index (κ2) is 9.33. The summed E-state index contributed by atoms with van der Waals surface area (Å²) in [6.07, 6.45) is 7.41. The molecule has 1 heterocycles. The Bertz CT molecular complexity index is 668. The van der Waals surface area contributed by atoms with Crippen molar-refractivity contribution >= 4 is 5.91 Å². The maximum atomic E-state index is 12.8. The van der Waals surface area contributed by atoms with Crippen LogP contribution in [0, 0.1) is 11.7 Å². The number of H-pyrrole nitrogens is 1. The predicted molar refractivity (Wildman–Crippen MR) is 94.5 cm³/mol.